The van der Waals surface area contributed by atoms with Gasteiger partial charge in [-0.15, -0.1) is 0 Å². The molecule has 0 fully saturated rings. The van der Waals surface area contributed by atoms with Crippen LogP contribution in [-0.4, -0.2) is 9.13 Å². The van der Waals surface area contributed by atoms with Crippen LogP contribution in [0.1, 0.15) is 22.3 Å². The van der Waals surface area contributed by atoms with Crippen LogP contribution in [0.4, 0.5) is 0 Å². The molecule has 0 amide bonds. The number of nitrogens with zero attached hydrogens (tertiary/aromatic N) is 6. The van der Waals surface area contributed by atoms with E-state index in [0.717, 1.165) is 82.7 Å². The maximum Gasteiger partial charge on any atom is 0.104 e. The third-order valence-electron chi connectivity index (χ3n) is 11.1. The van der Waals surface area contributed by atoms with Gasteiger partial charge in [-0.05, 0) is 94.5 Å². The molecule has 10 aromatic rings. The van der Waals surface area contributed by atoms with Crippen LogP contribution >= 0.6 is 0 Å². The van der Waals surface area contributed by atoms with Crippen molar-refractivity contribution in [3.63, 3.8) is 0 Å². The first-order valence-corrected chi connectivity index (χ1v) is 18.7. The highest BCUT2D eigenvalue weighted by Crippen LogP contribution is 2.43. The maximum absolute atomic E-state index is 11.5. The molecule has 6 heteroatoms. The van der Waals surface area contributed by atoms with Gasteiger partial charge in [0.2, 0.25) is 0 Å². The largest absolute Gasteiger partial charge is 0.308 e. The Hall–Kier alpha value is -8.68. The quantitative estimate of drug-likeness (QED) is 0.175. The van der Waals surface area contributed by atoms with Gasteiger partial charge in [0.05, 0.1) is 68.3 Å². The molecule has 0 bridgehead atoms. The summed E-state index contributed by atoms with van der Waals surface area (Å²) in [5, 5.41) is 44.6. The smallest absolute Gasteiger partial charge is 0.104 e. The lowest BCUT2D eigenvalue weighted by molar-refractivity contribution is 1.12. The van der Waals surface area contributed by atoms with Gasteiger partial charge in [-0.3, -0.25) is 0 Å². The number of benzene rings is 8. The maximum atomic E-state index is 11.5. The van der Waals surface area contributed by atoms with E-state index < -0.39 is 0 Å². The van der Waals surface area contributed by atoms with Gasteiger partial charge in [-0.25, -0.2) is 0 Å². The van der Waals surface area contributed by atoms with Gasteiger partial charge in [-0.1, -0.05) is 103 Å². The number of nitriles is 4. The first-order chi connectivity index (χ1) is 28.6. The second-order valence-corrected chi connectivity index (χ2v) is 14.2. The van der Waals surface area contributed by atoms with E-state index >= 15 is 0 Å². The minimum atomic E-state index is 0.470. The second kappa shape index (κ2) is 13.6. The van der Waals surface area contributed by atoms with Gasteiger partial charge in [-0.2, -0.15) is 21.0 Å². The zero-order valence-electron chi connectivity index (χ0n) is 30.8. The molecular weight excluding hydrogens is 709 g/mol. The zero-order valence-corrected chi connectivity index (χ0v) is 30.8. The summed E-state index contributed by atoms with van der Waals surface area (Å²) in [5.74, 6) is 0. The summed E-state index contributed by atoms with van der Waals surface area (Å²) in [6.45, 7) is 0. The summed E-state index contributed by atoms with van der Waals surface area (Å²) in [6.07, 6.45) is 0. The van der Waals surface area contributed by atoms with E-state index in [-0.39, 0.29) is 0 Å². The Morgan fingerprint density at radius 1 is 0.328 bits per heavy atom. The van der Waals surface area contributed by atoms with Gasteiger partial charge in [0.25, 0.3) is 0 Å². The minimum absolute atomic E-state index is 0.470. The van der Waals surface area contributed by atoms with Crippen LogP contribution < -0.4 is 0 Å². The SMILES string of the molecule is N#Cc1ccc(-c2ccc3c4ccccc4n(-c4ccc(-c5cccc(C#N)c5)c(-n5c6ccccc6c6ccc(-c7ccc(C#N)cc7)cc65)c4C#N)c3c2)cc1. The summed E-state index contributed by atoms with van der Waals surface area (Å²) in [4.78, 5) is 0. The highest BCUT2D eigenvalue weighted by atomic mass is 15.0. The van der Waals surface area contributed by atoms with E-state index in [1.165, 1.54) is 0 Å². The molecule has 10 rings (SSSR count). The van der Waals surface area contributed by atoms with E-state index in [9.17, 15) is 21.0 Å². The number of hydrogen-bond acceptors (Lipinski definition) is 4. The third kappa shape index (κ3) is 5.31. The monoisotopic (exact) mass is 736 g/mol. The molecule has 8 aromatic carbocycles. The third-order valence-corrected chi connectivity index (χ3v) is 11.1. The van der Waals surface area contributed by atoms with Gasteiger partial charge < -0.3 is 9.13 Å². The Bertz CT molecular complexity index is 3480. The fourth-order valence-corrected chi connectivity index (χ4v) is 8.37. The van der Waals surface area contributed by atoms with E-state index in [0.29, 0.717) is 27.9 Å². The summed E-state index contributed by atoms with van der Waals surface area (Å²) >= 11 is 0. The molecule has 58 heavy (non-hydrogen) atoms. The lowest BCUT2D eigenvalue weighted by Gasteiger charge is -2.20. The van der Waals surface area contributed by atoms with Gasteiger partial charge in [0.15, 0.2) is 0 Å². The Morgan fingerprint density at radius 2 is 0.828 bits per heavy atom. The number of rotatable bonds is 5. The Morgan fingerprint density at radius 3 is 1.38 bits per heavy atom. The molecule has 0 spiro atoms. The molecule has 0 saturated heterocycles. The van der Waals surface area contributed by atoms with Crippen LogP contribution in [0.15, 0.2) is 170 Å². The van der Waals surface area contributed by atoms with Gasteiger partial charge >= 0.3 is 0 Å². The molecule has 2 heterocycles. The summed E-state index contributed by atoms with van der Waals surface area (Å²) in [7, 11) is 0. The number of hydrogen-bond donors (Lipinski definition) is 0. The lowest BCUT2D eigenvalue weighted by Crippen LogP contribution is -2.06. The van der Waals surface area contributed by atoms with Gasteiger partial charge in [0, 0.05) is 27.1 Å². The molecule has 0 saturated carbocycles. The molecule has 0 aliphatic rings. The van der Waals surface area contributed by atoms with Crippen molar-refractivity contribution in [1.82, 2.24) is 9.13 Å². The van der Waals surface area contributed by atoms with Crippen LogP contribution in [0.2, 0.25) is 0 Å². The molecule has 0 unspecified atom stereocenters. The standard InChI is InChI=1S/C52H28N6/c53-29-33-12-16-36(17-13-33)38-20-22-44-42-8-1-3-10-47(42)57(50(44)27-38)49-25-24-41(40-7-5-6-35(26-40)31-55)52(46(49)32-56)58-48-11-4-2-9-43(48)45-23-21-39(28-51(45)58)37-18-14-34(30-54)15-19-37/h1-28H. The van der Waals surface area contributed by atoms with Crippen molar-refractivity contribution in [2.45, 2.75) is 0 Å². The highest BCUT2D eigenvalue weighted by molar-refractivity contribution is 6.12. The van der Waals surface area contributed by atoms with E-state index in [4.69, 9.17) is 0 Å². The molecule has 0 N–H and O–H groups in total. The predicted molar refractivity (Wildman–Crippen MR) is 230 cm³/mol. The fourth-order valence-electron chi connectivity index (χ4n) is 8.37. The Balaban J connectivity index is 1.32. The Labute approximate surface area is 333 Å². The molecular formula is C52H28N6. The average molecular weight is 737 g/mol. The number of aromatic nitrogens is 2. The molecule has 0 radical (unpaired) electrons. The van der Waals surface area contributed by atoms with E-state index in [1.54, 1.807) is 6.07 Å². The number of fused-ring (bicyclic) bond motifs is 6. The first kappa shape index (κ1) is 33.9. The van der Waals surface area contributed by atoms with Crippen molar-refractivity contribution in [3.05, 3.63) is 192 Å². The van der Waals surface area contributed by atoms with Crippen LogP contribution in [-0.2, 0) is 0 Å². The van der Waals surface area contributed by atoms with Crippen LogP contribution in [0.25, 0.3) is 88.4 Å². The average Bonchev–Trinajstić information content (AvgIpc) is 3.80. The van der Waals surface area contributed by atoms with Crippen LogP contribution in [0.3, 0.4) is 0 Å². The molecule has 0 aliphatic heterocycles. The van der Waals surface area contributed by atoms with Crippen molar-refractivity contribution >= 4 is 43.6 Å². The van der Waals surface area contributed by atoms with E-state index in [1.807, 2.05) is 97.1 Å². The zero-order chi connectivity index (χ0) is 39.3. The van der Waals surface area contributed by atoms with Crippen molar-refractivity contribution in [3.8, 4) is 69.0 Å². The number of para-hydroxylation sites is 2. The van der Waals surface area contributed by atoms with Crippen molar-refractivity contribution in [2.75, 3.05) is 0 Å². The fraction of sp³-hybridized carbons (Fsp3) is 0. The summed E-state index contributed by atoms with van der Waals surface area (Å²) in [5.41, 5.74) is 12.9. The topological polar surface area (TPSA) is 105 Å². The van der Waals surface area contributed by atoms with Crippen LogP contribution in [0, 0.1) is 45.3 Å². The normalized spacial score (nSPS) is 11.0. The van der Waals surface area contributed by atoms with Gasteiger partial charge in [0.1, 0.15) is 11.6 Å². The van der Waals surface area contributed by atoms with Crippen molar-refractivity contribution < 1.29 is 0 Å². The van der Waals surface area contributed by atoms with Crippen molar-refractivity contribution in [1.29, 1.82) is 21.0 Å². The molecule has 266 valence electrons. The predicted octanol–water partition coefficient (Wildman–Crippen LogP) is 12.4. The molecule has 0 aliphatic carbocycles. The lowest BCUT2D eigenvalue weighted by atomic mass is 9.96. The first-order valence-electron chi connectivity index (χ1n) is 18.7. The summed E-state index contributed by atoms with van der Waals surface area (Å²) < 4.78 is 4.38. The second-order valence-electron chi connectivity index (χ2n) is 14.2. The van der Waals surface area contributed by atoms with E-state index in [2.05, 4.69) is 100 Å². The minimum Gasteiger partial charge on any atom is -0.308 e. The molecule has 2 aromatic heterocycles. The van der Waals surface area contributed by atoms with Crippen molar-refractivity contribution in [2.24, 2.45) is 0 Å². The Kier molecular flexibility index (Phi) is 7.92. The molecule has 6 nitrogen and oxygen atoms in total. The van der Waals surface area contributed by atoms with Crippen LogP contribution in [0.5, 0.6) is 0 Å². The summed E-state index contributed by atoms with van der Waals surface area (Å²) in [6, 6.07) is 65.5. The molecule has 0 atom stereocenters. The highest BCUT2D eigenvalue weighted by Gasteiger charge is 2.24.